The number of cyclic esters (lactones) is 1. The lowest BCUT2D eigenvalue weighted by atomic mass is 10.1. The molecule has 0 N–H and O–H groups in total. The zero-order chi connectivity index (χ0) is 21.7. The van der Waals surface area contributed by atoms with E-state index < -0.39 is 16.9 Å². The molecule has 1 aliphatic rings. The summed E-state index contributed by atoms with van der Waals surface area (Å²) in [6.45, 7) is 3.85. The summed E-state index contributed by atoms with van der Waals surface area (Å²) in [5, 5.41) is 10.8. The summed E-state index contributed by atoms with van der Waals surface area (Å²) in [6.07, 6.45) is 1.73. The van der Waals surface area contributed by atoms with Gasteiger partial charge < -0.3 is 14.2 Å². The molecule has 0 aliphatic carbocycles. The van der Waals surface area contributed by atoms with Gasteiger partial charge in [0.25, 0.3) is 5.69 Å². The Morgan fingerprint density at radius 3 is 2.53 bits per heavy atom. The highest BCUT2D eigenvalue weighted by Crippen LogP contribution is 2.30. The predicted molar refractivity (Wildman–Crippen MR) is 107 cm³/mol. The first-order valence-electron chi connectivity index (χ1n) is 9.16. The van der Waals surface area contributed by atoms with Crippen molar-refractivity contribution >= 4 is 29.6 Å². The number of hydrogen-bond donors (Lipinski definition) is 0. The maximum atomic E-state index is 12.2. The number of aliphatic imine (C=N–C) groups is 1. The Morgan fingerprint density at radius 1 is 1.17 bits per heavy atom. The number of esters is 2. The Hall–Kier alpha value is -4.01. The predicted octanol–water partition coefficient (Wildman–Crippen LogP) is 3.65. The molecule has 1 aliphatic heterocycles. The molecule has 2 aromatic rings. The van der Waals surface area contributed by atoms with Crippen LogP contribution in [0.25, 0.3) is 6.08 Å². The molecule has 0 unspecified atom stereocenters. The van der Waals surface area contributed by atoms with Crippen molar-refractivity contribution in [2.24, 2.45) is 4.99 Å². The SMILES string of the molecule is CCOc1cc(/C=C2\N=C(c3ccc([N+](=O)[O-])cc3)OC2=O)ccc1OC(=O)CC. The molecule has 0 fully saturated rings. The zero-order valence-corrected chi connectivity index (χ0v) is 16.3. The van der Waals surface area contributed by atoms with Crippen LogP contribution in [0.2, 0.25) is 0 Å². The number of carbonyl (C=O) groups is 2. The second kappa shape index (κ2) is 8.99. The molecule has 2 aromatic carbocycles. The molecule has 0 bridgehead atoms. The Balaban J connectivity index is 1.88. The van der Waals surface area contributed by atoms with Crippen LogP contribution in [0.15, 0.2) is 53.2 Å². The van der Waals surface area contributed by atoms with Gasteiger partial charge in [0, 0.05) is 24.1 Å². The minimum absolute atomic E-state index is 0.0553. The van der Waals surface area contributed by atoms with E-state index in [-0.39, 0.29) is 29.5 Å². The largest absolute Gasteiger partial charge is 0.490 e. The van der Waals surface area contributed by atoms with Crippen molar-refractivity contribution in [2.75, 3.05) is 6.61 Å². The van der Waals surface area contributed by atoms with Crippen molar-refractivity contribution in [3.8, 4) is 11.5 Å². The molecule has 30 heavy (non-hydrogen) atoms. The van der Waals surface area contributed by atoms with Crippen LogP contribution in [0, 0.1) is 10.1 Å². The Morgan fingerprint density at radius 2 is 1.90 bits per heavy atom. The van der Waals surface area contributed by atoms with Gasteiger partial charge in [0.1, 0.15) is 0 Å². The van der Waals surface area contributed by atoms with E-state index in [2.05, 4.69) is 4.99 Å². The van der Waals surface area contributed by atoms with Crippen molar-refractivity contribution in [3.63, 3.8) is 0 Å². The summed E-state index contributed by atoms with van der Waals surface area (Å²) in [4.78, 5) is 38.2. The highest BCUT2D eigenvalue weighted by Gasteiger charge is 2.24. The first-order chi connectivity index (χ1) is 14.4. The highest BCUT2D eigenvalue weighted by atomic mass is 16.6. The fourth-order valence-corrected chi connectivity index (χ4v) is 2.58. The molecule has 1 heterocycles. The molecule has 0 aromatic heterocycles. The number of rotatable bonds is 7. The van der Waals surface area contributed by atoms with Crippen molar-refractivity contribution in [1.29, 1.82) is 0 Å². The first-order valence-corrected chi connectivity index (χ1v) is 9.16. The molecule has 0 spiro atoms. The van der Waals surface area contributed by atoms with Gasteiger partial charge in [0.2, 0.25) is 5.90 Å². The van der Waals surface area contributed by atoms with Crippen LogP contribution in [0.4, 0.5) is 5.69 Å². The van der Waals surface area contributed by atoms with Crippen molar-refractivity contribution in [3.05, 3.63) is 69.4 Å². The molecule has 0 radical (unpaired) electrons. The van der Waals surface area contributed by atoms with E-state index in [0.717, 1.165) is 0 Å². The van der Waals surface area contributed by atoms with Gasteiger partial charge in [-0.25, -0.2) is 9.79 Å². The third-order valence-electron chi connectivity index (χ3n) is 4.03. The minimum atomic E-state index is -0.650. The number of nitro groups is 1. The Kier molecular flexibility index (Phi) is 6.21. The number of non-ortho nitro benzene ring substituents is 1. The third kappa shape index (κ3) is 4.69. The summed E-state index contributed by atoms with van der Waals surface area (Å²) < 4.78 is 15.9. The normalized spacial score (nSPS) is 14.3. The van der Waals surface area contributed by atoms with Gasteiger partial charge in [0.05, 0.1) is 11.5 Å². The fourth-order valence-electron chi connectivity index (χ4n) is 2.58. The monoisotopic (exact) mass is 410 g/mol. The van der Waals surface area contributed by atoms with Crippen LogP contribution in [-0.2, 0) is 14.3 Å². The van der Waals surface area contributed by atoms with E-state index in [9.17, 15) is 19.7 Å². The van der Waals surface area contributed by atoms with Crippen LogP contribution in [0.5, 0.6) is 11.5 Å². The molecule has 3 rings (SSSR count). The Bertz CT molecular complexity index is 1060. The number of hydrogen-bond acceptors (Lipinski definition) is 8. The van der Waals surface area contributed by atoms with Crippen LogP contribution in [-0.4, -0.2) is 29.4 Å². The molecule has 0 saturated carbocycles. The molecule has 0 amide bonds. The van der Waals surface area contributed by atoms with Crippen LogP contribution in [0.3, 0.4) is 0 Å². The molecule has 0 saturated heterocycles. The first kappa shape index (κ1) is 20.7. The molecule has 9 heteroatoms. The number of ether oxygens (including phenoxy) is 3. The van der Waals surface area contributed by atoms with Gasteiger partial charge >= 0.3 is 11.9 Å². The van der Waals surface area contributed by atoms with Crippen LogP contribution < -0.4 is 9.47 Å². The van der Waals surface area contributed by atoms with Crippen molar-refractivity contribution < 1.29 is 28.7 Å². The smallest absolute Gasteiger partial charge is 0.363 e. The van der Waals surface area contributed by atoms with Crippen molar-refractivity contribution in [1.82, 2.24) is 0 Å². The van der Waals surface area contributed by atoms with Gasteiger partial charge in [0.15, 0.2) is 17.2 Å². The van der Waals surface area contributed by atoms with Gasteiger partial charge in [-0.1, -0.05) is 13.0 Å². The van der Waals surface area contributed by atoms with E-state index in [0.29, 0.717) is 23.5 Å². The fraction of sp³-hybridized carbons (Fsp3) is 0.190. The van der Waals surface area contributed by atoms with E-state index in [4.69, 9.17) is 14.2 Å². The standard InChI is InChI=1S/C21H18N2O7/c1-3-19(24)29-17-10-5-13(12-18(17)28-4-2)11-16-21(25)30-20(22-16)14-6-8-15(9-7-14)23(26)27/h5-12H,3-4H2,1-2H3/b16-11-. The van der Waals surface area contributed by atoms with Crippen molar-refractivity contribution in [2.45, 2.75) is 20.3 Å². The maximum Gasteiger partial charge on any atom is 0.363 e. The minimum Gasteiger partial charge on any atom is -0.490 e. The van der Waals surface area contributed by atoms with Gasteiger partial charge in [-0.3, -0.25) is 14.9 Å². The highest BCUT2D eigenvalue weighted by molar-refractivity contribution is 6.12. The van der Waals surface area contributed by atoms with E-state index >= 15 is 0 Å². The van der Waals surface area contributed by atoms with Gasteiger partial charge in [-0.05, 0) is 42.8 Å². The molecule has 9 nitrogen and oxygen atoms in total. The summed E-state index contributed by atoms with van der Waals surface area (Å²) in [5.74, 6) is -0.337. The van der Waals surface area contributed by atoms with Gasteiger partial charge in [-0.2, -0.15) is 0 Å². The second-order valence-corrected chi connectivity index (χ2v) is 6.11. The lowest BCUT2D eigenvalue weighted by Crippen LogP contribution is -2.07. The third-order valence-corrected chi connectivity index (χ3v) is 4.03. The number of nitro benzene ring substituents is 1. The van der Waals surface area contributed by atoms with Gasteiger partial charge in [-0.15, -0.1) is 0 Å². The summed E-state index contributed by atoms with van der Waals surface area (Å²) in [5.41, 5.74) is 1.01. The zero-order valence-electron chi connectivity index (χ0n) is 16.3. The molecule has 154 valence electrons. The van der Waals surface area contributed by atoms with E-state index in [1.165, 1.54) is 30.3 Å². The average molecular weight is 410 g/mol. The lowest BCUT2D eigenvalue weighted by Gasteiger charge is -2.10. The lowest BCUT2D eigenvalue weighted by molar-refractivity contribution is -0.384. The summed E-state index contributed by atoms with van der Waals surface area (Å²) in [6, 6.07) is 10.4. The van der Waals surface area contributed by atoms with E-state index in [1.54, 1.807) is 32.0 Å². The molecule has 0 atom stereocenters. The number of benzene rings is 2. The molecular weight excluding hydrogens is 392 g/mol. The summed E-state index contributed by atoms with van der Waals surface area (Å²) >= 11 is 0. The van der Waals surface area contributed by atoms with Crippen LogP contribution in [0.1, 0.15) is 31.4 Å². The van der Waals surface area contributed by atoms with Crippen LogP contribution >= 0.6 is 0 Å². The number of nitrogens with zero attached hydrogens (tertiary/aromatic N) is 2. The number of carbonyl (C=O) groups excluding carboxylic acids is 2. The van der Waals surface area contributed by atoms with E-state index in [1.807, 2.05) is 0 Å². The second-order valence-electron chi connectivity index (χ2n) is 6.11. The summed E-state index contributed by atoms with van der Waals surface area (Å²) in [7, 11) is 0. The topological polar surface area (TPSA) is 117 Å². The molecular formula is C21H18N2O7. The Labute approximate surface area is 171 Å². The maximum absolute atomic E-state index is 12.2. The average Bonchev–Trinajstić information content (AvgIpc) is 3.10. The quantitative estimate of drug-likeness (QED) is 0.225.